The first-order valence-corrected chi connectivity index (χ1v) is 4.08. The molecule has 1 rings (SSSR count). The molecule has 0 heterocycles. The van der Waals surface area contributed by atoms with E-state index < -0.39 is 4.92 Å². The summed E-state index contributed by atoms with van der Waals surface area (Å²) in [7, 11) is 0. The molecule has 0 aliphatic heterocycles. The molecule has 0 bridgehead atoms. The van der Waals surface area contributed by atoms with Gasteiger partial charge in [-0.05, 0) is 17.7 Å². The Bertz CT molecular complexity index is 354. The summed E-state index contributed by atoms with van der Waals surface area (Å²) >= 11 is 0. The van der Waals surface area contributed by atoms with Crippen LogP contribution in [0.1, 0.15) is 12.0 Å². The highest BCUT2D eigenvalue weighted by molar-refractivity contribution is 5.58. The van der Waals surface area contributed by atoms with E-state index in [0.29, 0.717) is 6.42 Å². The summed E-state index contributed by atoms with van der Waals surface area (Å²) in [6, 6.07) is 6.14. The fourth-order valence-corrected chi connectivity index (χ4v) is 0.967. The second kappa shape index (κ2) is 4.91. The van der Waals surface area contributed by atoms with Crippen molar-refractivity contribution in [1.29, 1.82) is 0 Å². The van der Waals surface area contributed by atoms with Crippen LogP contribution in [0.2, 0.25) is 0 Å². The van der Waals surface area contributed by atoms with E-state index in [4.69, 9.17) is 0 Å². The average molecular weight is 191 g/mol. The minimum Gasteiger partial charge on any atom is -0.303 e. The Morgan fingerprint density at radius 3 is 2.43 bits per heavy atom. The summed E-state index contributed by atoms with van der Waals surface area (Å²) in [5, 5.41) is 10.3. The van der Waals surface area contributed by atoms with Crippen LogP contribution in [0.5, 0.6) is 0 Å². The number of hydrogen-bond acceptors (Lipinski definition) is 3. The Balaban J connectivity index is 2.73. The molecule has 14 heavy (non-hydrogen) atoms. The van der Waals surface area contributed by atoms with E-state index in [0.717, 1.165) is 11.8 Å². The number of allylic oxidation sites excluding steroid dienone is 1. The van der Waals surface area contributed by atoms with Gasteiger partial charge in [0.1, 0.15) is 6.29 Å². The fraction of sp³-hybridized carbons (Fsp3) is 0.100. The van der Waals surface area contributed by atoms with Gasteiger partial charge in [0.25, 0.3) is 5.69 Å². The standard InChI is InChI=1S/C10H9NO3/c12-8-2-1-3-9-4-6-10(7-5-9)11(13)14/h1,3-8H,2H2. The van der Waals surface area contributed by atoms with Gasteiger partial charge in [-0.3, -0.25) is 10.1 Å². The topological polar surface area (TPSA) is 60.2 Å². The van der Waals surface area contributed by atoms with E-state index in [1.54, 1.807) is 24.3 Å². The van der Waals surface area contributed by atoms with Crippen LogP contribution < -0.4 is 0 Å². The highest BCUT2D eigenvalue weighted by Crippen LogP contribution is 2.12. The Morgan fingerprint density at radius 1 is 1.29 bits per heavy atom. The SMILES string of the molecule is O=CCC=Cc1ccc([N+](=O)[O-])cc1. The lowest BCUT2D eigenvalue weighted by molar-refractivity contribution is -0.384. The second-order valence-corrected chi connectivity index (χ2v) is 2.65. The molecule has 0 radical (unpaired) electrons. The first-order chi connectivity index (χ1) is 6.74. The molecule has 0 spiro atoms. The molecule has 0 aliphatic carbocycles. The lowest BCUT2D eigenvalue weighted by Gasteiger charge is -1.92. The van der Waals surface area contributed by atoms with Crippen molar-refractivity contribution in [3.63, 3.8) is 0 Å². The van der Waals surface area contributed by atoms with E-state index in [9.17, 15) is 14.9 Å². The van der Waals surface area contributed by atoms with Crippen molar-refractivity contribution in [3.8, 4) is 0 Å². The number of carbonyl (C=O) groups excluding carboxylic acids is 1. The molecule has 0 amide bonds. The number of nitro groups is 1. The zero-order valence-electron chi connectivity index (χ0n) is 7.42. The number of non-ortho nitro benzene ring substituents is 1. The Hall–Kier alpha value is -1.97. The molecule has 4 nitrogen and oxygen atoms in total. The maximum absolute atomic E-state index is 10.3. The largest absolute Gasteiger partial charge is 0.303 e. The Labute approximate surface area is 81.0 Å². The molecule has 0 fully saturated rings. The van der Waals surface area contributed by atoms with E-state index in [2.05, 4.69) is 0 Å². The van der Waals surface area contributed by atoms with Gasteiger partial charge in [0, 0.05) is 18.6 Å². The molecule has 0 saturated heterocycles. The maximum Gasteiger partial charge on any atom is 0.269 e. The molecule has 0 unspecified atom stereocenters. The number of benzene rings is 1. The maximum atomic E-state index is 10.3. The van der Waals surface area contributed by atoms with Crippen molar-refractivity contribution in [2.75, 3.05) is 0 Å². The van der Waals surface area contributed by atoms with Crippen molar-refractivity contribution in [2.45, 2.75) is 6.42 Å². The summed E-state index contributed by atoms with van der Waals surface area (Å²) in [6.45, 7) is 0. The van der Waals surface area contributed by atoms with Gasteiger partial charge < -0.3 is 4.79 Å². The number of rotatable bonds is 4. The molecule has 0 aliphatic rings. The number of nitrogens with zero attached hydrogens (tertiary/aromatic N) is 1. The van der Waals surface area contributed by atoms with Crippen LogP contribution in [-0.4, -0.2) is 11.2 Å². The molecule has 1 aromatic rings. The quantitative estimate of drug-likeness (QED) is 0.416. The van der Waals surface area contributed by atoms with Gasteiger partial charge >= 0.3 is 0 Å². The van der Waals surface area contributed by atoms with Gasteiger partial charge in [-0.25, -0.2) is 0 Å². The third kappa shape index (κ3) is 2.82. The van der Waals surface area contributed by atoms with Gasteiger partial charge in [-0.15, -0.1) is 0 Å². The first kappa shape index (κ1) is 10.1. The van der Waals surface area contributed by atoms with Crippen molar-refractivity contribution < 1.29 is 9.72 Å². The molecule has 72 valence electrons. The Kier molecular flexibility index (Phi) is 3.55. The van der Waals surface area contributed by atoms with Crippen LogP contribution >= 0.6 is 0 Å². The number of aldehydes is 1. The van der Waals surface area contributed by atoms with Crippen LogP contribution in [0.3, 0.4) is 0 Å². The minimum atomic E-state index is -0.446. The molecular formula is C10H9NO3. The van der Waals surface area contributed by atoms with Gasteiger partial charge in [0.15, 0.2) is 0 Å². The molecular weight excluding hydrogens is 182 g/mol. The second-order valence-electron chi connectivity index (χ2n) is 2.65. The van der Waals surface area contributed by atoms with Gasteiger partial charge in [0.05, 0.1) is 4.92 Å². The minimum absolute atomic E-state index is 0.0672. The molecule has 4 heteroatoms. The summed E-state index contributed by atoms with van der Waals surface area (Å²) < 4.78 is 0. The Morgan fingerprint density at radius 2 is 1.93 bits per heavy atom. The van der Waals surface area contributed by atoms with Crippen LogP contribution in [0.4, 0.5) is 5.69 Å². The zero-order valence-corrected chi connectivity index (χ0v) is 7.42. The summed E-state index contributed by atoms with van der Waals surface area (Å²) in [5.41, 5.74) is 0.912. The first-order valence-electron chi connectivity index (χ1n) is 4.08. The van der Waals surface area contributed by atoms with Crippen molar-refractivity contribution in [3.05, 3.63) is 46.0 Å². The average Bonchev–Trinajstić information content (AvgIpc) is 2.19. The lowest BCUT2D eigenvalue weighted by atomic mass is 10.2. The van der Waals surface area contributed by atoms with Crippen LogP contribution in [-0.2, 0) is 4.79 Å². The monoisotopic (exact) mass is 191 g/mol. The van der Waals surface area contributed by atoms with Crippen LogP contribution in [0.15, 0.2) is 30.3 Å². The van der Waals surface area contributed by atoms with E-state index in [-0.39, 0.29) is 5.69 Å². The third-order valence-electron chi connectivity index (χ3n) is 1.65. The predicted octanol–water partition coefficient (Wildman–Crippen LogP) is 2.20. The number of hydrogen-bond donors (Lipinski definition) is 0. The smallest absolute Gasteiger partial charge is 0.269 e. The highest BCUT2D eigenvalue weighted by Gasteiger charge is 2.01. The van der Waals surface area contributed by atoms with Crippen LogP contribution in [0, 0.1) is 10.1 Å². The summed E-state index contributed by atoms with van der Waals surface area (Å²) in [5.74, 6) is 0. The summed E-state index contributed by atoms with van der Waals surface area (Å²) in [4.78, 5) is 19.9. The van der Waals surface area contributed by atoms with Crippen molar-refractivity contribution in [2.24, 2.45) is 0 Å². The van der Waals surface area contributed by atoms with Gasteiger partial charge in [-0.2, -0.15) is 0 Å². The molecule has 0 N–H and O–H groups in total. The van der Waals surface area contributed by atoms with Gasteiger partial charge in [0.2, 0.25) is 0 Å². The van der Waals surface area contributed by atoms with E-state index in [1.165, 1.54) is 12.1 Å². The number of nitro benzene ring substituents is 1. The van der Waals surface area contributed by atoms with Crippen molar-refractivity contribution in [1.82, 2.24) is 0 Å². The predicted molar refractivity (Wildman–Crippen MR) is 52.8 cm³/mol. The fourth-order valence-electron chi connectivity index (χ4n) is 0.967. The highest BCUT2D eigenvalue weighted by atomic mass is 16.6. The van der Waals surface area contributed by atoms with E-state index >= 15 is 0 Å². The van der Waals surface area contributed by atoms with E-state index in [1.807, 2.05) is 0 Å². The third-order valence-corrected chi connectivity index (χ3v) is 1.65. The molecule has 1 aromatic carbocycles. The normalized spacial score (nSPS) is 10.3. The molecule has 0 saturated carbocycles. The zero-order chi connectivity index (χ0) is 10.4. The number of carbonyl (C=O) groups is 1. The summed E-state index contributed by atoms with van der Waals surface area (Å²) in [6.07, 6.45) is 4.60. The van der Waals surface area contributed by atoms with Crippen LogP contribution in [0.25, 0.3) is 6.08 Å². The molecule has 0 atom stereocenters. The lowest BCUT2D eigenvalue weighted by Crippen LogP contribution is -1.86. The molecule has 0 aromatic heterocycles. The van der Waals surface area contributed by atoms with Crippen molar-refractivity contribution >= 4 is 18.0 Å². The van der Waals surface area contributed by atoms with Gasteiger partial charge in [-0.1, -0.05) is 12.2 Å².